The van der Waals surface area contributed by atoms with E-state index in [2.05, 4.69) is 26.3 Å². The SMILES string of the molecule is CN(C)CCn1ncc(NCCOCC(F)F)c(Br)c1=O. The summed E-state index contributed by atoms with van der Waals surface area (Å²) in [5.74, 6) is 0. The van der Waals surface area contributed by atoms with Crippen LogP contribution in [0, 0.1) is 0 Å². The molecule has 0 aliphatic heterocycles. The Kier molecular flexibility index (Phi) is 7.76. The maximum absolute atomic E-state index is 12.0. The summed E-state index contributed by atoms with van der Waals surface area (Å²) in [6.07, 6.45) is -0.951. The lowest BCUT2D eigenvalue weighted by molar-refractivity contribution is 0.0215. The number of halogens is 3. The van der Waals surface area contributed by atoms with Crippen molar-refractivity contribution in [2.24, 2.45) is 0 Å². The Morgan fingerprint density at radius 3 is 2.86 bits per heavy atom. The number of anilines is 1. The van der Waals surface area contributed by atoms with Crippen LogP contribution in [0.1, 0.15) is 0 Å². The van der Waals surface area contributed by atoms with E-state index < -0.39 is 13.0 Å². The van der Waals surface area contributed by atoms with Gasteiger partial charge in [0.1, 0.15) is 11.1 Å². The first-order chi connectivity index (χ1) is 9.91. The molecule has 0 saturated heterocycles. The van der Waals surface area contributed by atoms with Crippen molar-refractivity contribution in [3.8, 4) is 0 Å². The lowest BCUT2D eigenvalue weighted by Crippen LogP contribution is -2.29. The molecule has 1 N–H and O–H groups in total. The molecule has 0 saturated carbocycles. The zero-order valence-electron chi connectivity index (χ0n) is 12.0. The summed E-state index contributed by atoms with van der Waals surface area (Å²) in [7, 11) is 3.82. The number of nitrogens with zero attached hydrogens (tertiary/aromatic N) is 3. The molecule has 0 bridgehead atoms. The molecule has 0 fully saturated rings. The second-order valence-electron chi connectivity index (χ2n) is 4.60. The molecular formula is C12H19BrF2N4O2. The van der Waals surface area contributed by atoms with Gasteiger partial charge in [-0.05, 0) is 30.0 Å². The van der Waals surface area contributed by atoms with Gasteiger partial charge in [-0.3, -0.25) is 4.79 Å². The zero-order chi connectivity index (χ0) is 15.8. The van der Waals surface area contributed by atoms with Crippen molar-refractivity contribution in [2.75, 3.05) is 45.7 Å². The lowest BCUT2D eigenvalue weighted by atomic mass is 10.4. The highest BCUT2D eigenvalue weighted by Crippen LogP contribution is 2.15. The number of rotatable bonds is 9. The topological polar surface area (TPSA) is 59.4 Å². The van der Waals surface area contributed by atoms with Crippen molar-refractivity contribution in [1.82, 2.24) is 14.7 Å². The molecule has 6 nitrogen and oxygen atoms in total. The quantitative estimate of drug-likeness (QED) is 0.665. The van der Waals surface area contributed by atoms with Crippen LogP contribution in [-0.4, -0.2) is 61.5 Å². The number of ether oxygens (including phenoxy) is 1. The molecule has 0 amide bonds. The molecule has 1 aromatic heterocycles. The van der Waals surface area contributed by atoms with Crippen LogP contribution < -0.4 is 10.9 Å². The van der Waals surface area contributed by atoms with Gasteiger partial charge in [-0.15, -0.1) is 0 Å². The molecule has 1 heterocycles. The van der Waals surface area contributed by atoms with Crippen molar-refractivity contribution in [3.05, 3.63) is 21.0 Å². The fourth-order valence-corrected chi connectivity index (χ4v) is 1.92. The van der Waals surface area contributed by atoms with Gasteiger partial charge in [0.25, 0.3) is 12.0 Å². The van der Waals surface area contributed by atoms with Gasteiger partial charge in [-0.1, -0.05) is 0 Å². The van der Waals surface area contributed by atoms with E-state index in [0.717, 1.165) is 0 Å². The van der Waals surface area contributed by atoms with E-state index in [9.17, 15) is 13.6 Å². The standard InChI is InChI=1S/C12H19BrF2N4O2/c1-18(2)4-5-19-12(20)11(13)9(7-17-19)16-3-6-21-8-10(14)15/h7,10,16H,3-6,8H2,1-2H3. The molecule has 21 heavy (non-hydrogen) atoms. The Morgan fingerprint density at radius 2 is 2.24 bits per heavy atom. The maximum Gasteiger partial charge on any atom is 0.283 e. The summed E-state index contributed by atoms with van der Waals surface area (Å²) in [6, 6.07) is 0. The molecule has 120 valence electrons. The van der Waals surface area contributed by atoms with Crippen LogP contribution in [0.3, 0.4) is 0 Å². The van der Waals surface area contributed by atoms with E-state index in [1.165, 1.54) is 10.9 Å². The summed E-state index contributed by atoms with van der Waals surface area (Å²) in [6.45, 7) is 1.04. The second-order valence-corrected chi connectivity index (χ2v) is 5.39. The van der Waals surface area contributed by atoms with Gasteiger partial charge in [0.2, 0.25) is 0 Å². The van der Waals surface area contributed by atoms with Crippen molar-refractivity contribution in [2.45, 2.75) is 13.0 Å². The Bertz CT molecular complexity index is 497. The molecule has 0 radical (unpaired) electrons. The molecule has 0 unspecified atom stereocenters. The first kappa shape index (κ1) is 18.0. The summed E-state index contributed by atoms with van der Waals surface area (Å²) in [4.78, 5) is 14.0. The molecule has 0 atom stereocenters. The number of aromatic nitrogens is 2. The average molecular weight is 369 g/mol. The highest BCUT2D eigenvalue weighted by atomic mass is 79.9. The third kappa shape index (κ3) is 6.49. The smallest absolute Gasteiger partial charge is 0.283 e. The van der Waals surface area contributed by atoms with Crippen LogP contribution in [0.25, 0.3) is 0 Å². The molecule has 1 rings (SSSR count). The van der Waals surface area contributed by atoms with Gasteiger partial charge in [-0.25, -0.2) is 13.5 Å². The van der Waals surface area contributed by atoms with E-state index in [0.29, 0.717) is 29.8 Å². The predicted octanol–water partition coefficient (Wildman–Crippen LogP) is 1.26. The minimum atomic E-state index is -2.47. The largest absolute Gasteiger partial charge is 0.380 e. The van der Waals surface area contributed by atoms with E-state index in [1.54, 1.807) is 0 Å². The summed E-state index contributed by atoms with van der Waals surface area (Å²) < 4.78 is 30.2. The second kappa shape index (κ2) is 9.06. The summed E-state index contributed by atoms with van der Waals surface area (Å²) >= 11 is 3.22. The third-order valence-corrected chi connectivity index (χ3v) is 3.32. The Balaban J connectivity index is 2.53. The third-order valence-electron chi connectivity index (χ3n) is 2.55. The van der Waals surface area contributed by atoms with Gasteiger partial charge in [-0.2, -0.15) is 5.10 Å². The van der Waals surface area contributed by atoms with Crippen LogP contribution in [0.2, 0.25) is 0 Å². The van der Waals surface area contributed by atoms with Gasteiger partial charge >= 0.3 is 0 Å². The van der Waals surface area contributed by atoms with Crippen LogP contribution in [0.15, 0.2) is 15.5 Å². The van der Waals surface area contributed by atoms with E-state index in [4.69, 9.17) is 4.74 Å². The van der Waals surface area contributed by atoms with Gasteiger partial charge in [0, 0.05) is 13.1 Å². The fourth-order valence-electron chi connectivity index (χ4n) is 1.47. The van der Waals surface area contributed by atoms with Crippen molar-refractivity contribution >= 4 is 21.6 Å². The molecule has 9 heteroatoms. The number of hydrogen-bond acceptors (Lipinski definition) is 5. The van der Waals surface area contributed by atoms with Crippen LogP contribution in [-0.2, 0) is 11.3 Å². The van der Waals surface area contributed by atoms with Crippen molar-refractivity contribution < 1.29 is 13.5 Å². The minimum absolute atomic E-state index is 0.125. The first-order valence-corrected chi connectivity index (χ1v) is 7.21. The Hall–Kier alpha value is -1.06. The number of alkyl halides is 2. The van der Waals surface area contributed by atoms with E-state index in [-0.39, 0.29) is 12.2 Å². The predicted molar refractivity (Wildman–Crippen MR) is 80.1 cm³/mol. The van der Waals surface area contributed by atoms with Crippen LogP contribution in [0.4, 0.5) is 14.5 Å². The molecular weight excluding hydrogens is 350 g/mol. The van der Waals surface area contributed by atoms with Crippen molar-refractivity contribution in [3.63, 3.8) is 0 Å². The van der Waals surface area contributed by atoms with Crippen molar-refractivity contribution in [1.29, 1.82) is 0 Å². The molecule has 0 aliphatic carbocycles. The molecule has 0 spiro atoms. The van der Waals surface area contributed by atoms with Gasteiger partial charge in [0.05, 0.1) is 25.0 Å². The minimum Gasteiger partial charge on any atom is -0.380 e. The summed E-state index contributed by atoms with van der Waals surface area (Å²) in [5, 5.41) is 6.98. The average Bonchev–Trinajstić information content (AvgIpc) is 2.41. The Morgan fingerprint density at radius 1 is 1.52 bits per heavy atom. The normalized spacial score (nSPS) is 11.4. The van der Waals surface area contributed by atoms with Gasteiger partial charge < -0.3 is 15.0 Å². The first-order valence-electron chi connectivity index (χ1n) is 6.42. The zero-order valence-corrected chi connectivity index (χ0v) is 13.6. The van der Waals surface area contributed by atoms with E-state index in [1.807, 2.05) is 19.0 Å². The lowest BCUT2D eigenvalue weighted by Gasteiger charge is -2.12. The van der Waals surface area contributed by atoms with Crippen LogP contribution in [0.5, 0.6) is 0 Å². The molecule has 0 aromatic carbocycles. The fraction of sp³-hybridized carbons (Fsp3) is 0.667. The monoisotopic (exact) mass is 368 g/mol. The maximum atomic E-state index is 12.0. The highest BCUT2D eigenvalue weighted by molar-refractivity contribution is 9.10. The number of likely N-dealkylation sites (N-methyl/N-ethyl adjacent to an activating group) is 1. The van der Waals surface area contributed by atoms with Crippen LogP contribution >= 0.6 is 15.9 Å². The number of hydrogen-bond donors (Lipinski definition) is 1. The van der Waals surface area contributed by atoms with Gasteiger partial charge in [0.15, 0.2) is 0 Å². The summed E-state index contributed by atoms with van der Waals surface area (Å²) in [5.41, 5.74) is 0.275. The number of nitrogens with one attached hydrogen (secondary N) is 1. The highest BCUT2D eigenvalue weighted by Gasteiger charge is 2.09. The molecule has 0 aliphatic rings. The Labute approximate surface area is 130 Å². The van der Waals surface area contributed by atoms with E-state index >= 15 is 0 Å². The molecule has 1 aromatic rings.